The molecule has 0 aromatic carbocycles. The fraction of sp³-hybridized carbons (Fsp3) is 0.812. The van der Waals surface area contributed by atoms with Gasteiger partial charge >= 0.3 is 0 Å². The number of rotatable bonds is 7. The second-order valence-electron chi connectivity index (χ2n) is 6.70. The Hall–Kier alpha value is -0.650. The van der Waals surface area contributed by atoms with Crippen molar-refractivity contribution in [1.82, 2.24) is 10.3 Å². The molecule has 1 saturated carbocycles. The molecule has 2 fully saturated rings. The Morgan fingerprint density at radius 2 is 2.19 bits per heavy atom. The Morgan fingerprint density at radius 3 is 2.81 bits per heavy atom. The van der Waals surface area contributed by atoms with E-state index in [9.17, 15) is 0 Å². The van der Waals surface area contributed by atoms with E-state index in [1.54, 1.807) is 0 Å². The zero-order valence-corrected chi connectivity index (χ0v) is 14.2. The average Bonchev–Trinajstić information content (AvgIpc) is 3.03. The summed E-state index contributed by atoms with van der Waals surface area (Å²) in [5.41, 5.74) is 1.37. The van der Waals surface area contributed by atoms with E-state index in [0.29, 0.717) is 12.0 Å². The predicted molar refractivity (Wildman–Crippen MR) is 88.3 cm³/mol. The lowest BCUT2D eigenvalue weighted by Gasteiger charge is -2.13. The van der Waals surface area contributed by atoms with Gasteiger partial charge in [0, 0.05) is 37.5 Å². The van der Waals surface area contributed by atoms with Crippen molar-refractivity contribution >= 4 is 16.5 Å². The van der Waals surface area contributed by atoms with Gasteiger partial charge in [0.15, 0.2) is 5.13 Å². The molecule has 1 atom stereocenters. The van der Waals surface area contributed by atoms with Crippen molar-refractivity contribution in [1.29, 1.82) is 0 Å². The van der Waals surface area contributed by atoms with Gasteiger partial charge in [-0.3, -0.25) is 0 Å². The lowest BCUT2D eigenvalue weighted by Crippen LogP contribution is -2.21. The number of ether oxygens (including phenoxy) is 1. The summed E-state index contributed by atoms with van der Waals surface area (Å²) in [6, 6.07) is 0. The lowest BCUT2D eigenvalue weighted by atomic mass is 10.2. The molecule has 1 aliphatic carbocycles. The highest BCUT2D eigenvalue weighted by Gasteiger charge is 2.32. The van der Waals surface area contributed by atoms with Crippen LogP contribution in [0.4, 0.5) is 5.13 Å². The number of aromatic nitrogens is 1. The average molecular weight is 309 g/mol. The molecule has 1 unspecified atom stereocenters. The Morgan fingerprint density at radius 1 is 1.38 bits per heavy atom. The van der Waals surface area contributed by atoms with Gasteiger partial charge in [-0.2, -0.15) is 0 Å². The third-order valence-corrected chi connectivity index (χ3v) is 5.40. The minimum absolute atomic E-state index is 0.376. The highest BCUT2D eigenvalue weighted by Crippen LogP contribution is 2.44. The molecule has 21 heavy (non-hydrogen) atoms. The number of hydrogen-bond donors (Lipinski definition) is 1. The zero-order valence-electron chi connectivity index (χ0n) is 13.4. The van der Waals surface area contributed by atoms with Crippen molar-refractivity contribution in [3.63, 3.8) is 0 Å². The van der Waals surface area contributed by atoms with Crippen LogP contribution in [-0.4, -0.2) is 37.8 Å². The Labute approximate surface area is 131 Å². The Balaban J connectivity index is 1.67. The van der Waals surface area contributed by atoms with Gasteiger partial charge in [0.25, 0.3) is 0 Å². The fourth-order valence-corrected chi connectivity index (χ4v) is 4.01. The zero-order chi connectivity index (χ0) is 14.8. The van der Waals surface area contributed by atoms with Crippen LogP contribution >= 0.6 is 11.3 Å². The van der Waals surface area contributed by atoms with Crippen molar-refractivity contribution in [3.8, 4) is 0 Å². The fourth-order valence-electron chi connectivity index (χ4n) is 2.86. The molecule has 4 nitrogen and oxygen atoms in total. The quantitative estimate of drug-likeness (QED) is 0.840. The van der Waals surface area contributed by atoms with E-state index in [1.807, 2.05) is 18.4 Å². The van der Waals surface area contributed by atoms with E-state index in [1.165, 1.54) is 28.5 Å². The van der Waals surface area contributed by atoms with Crippen molar-refractivity contribution in [2.24, 2.45) is 5.92 Å². The first-order valence-electron chi connectivity index (χ1n) is 8.15. The number of anilines is 1. The number of methoxy groups -OCH3 is 1. The molecule has 1 saturated heterocycles. The first-order valence-corrected chi connectivity index (χ1v) is 8.97. The maximum absolute atomic E-state index is 5.47. The van der Waals surface area contributed by atoms with Gasteiger partial charge in [0.05, 0.1) is 11.8 Å². The van der Waals surface area contributed by atoms with Crippen molar-refractivity contribution in [2.75, 3.05) is 31.6 Å². The van der Waals surface area contributed by atoms with Gasteiger partial charge in [0.2, 0.25) is 0 Å². The van der Waals surface area contributed by atoms with Gasteiger partial charge < -0.3 is 15.0 Å². The second-order valence-corrected chi connectivity index (χ2v) is 7.76. The lowest BCUT2D eigenvalue weighted by molar-refractivity contribution is 0.121. The SMILES string of the molecule is COC1CCN(c2nc(C3CC3)c(CNCC(C)C)s2)C1. The smallest absolute Gasteiger partial charge is 0.185 e. The summed E-state index contributed by atoms with van der Waals surface area (Å²) in [6.07, 6.45) is 4.14. The molecule has 2 aliphatic rings. The molecular formula is C16H27N3OS. The summed E-state index contributed by atoms with van der Waals surface area (Å²) in [4.78, 5) is 8.82. The topological polar surface area (TPSA) is 37.4 Å². The largest absolute Gasteiger partial charge is 0.380 e. The van der Waals surface area contributed by atoms with Crippen LogP contribution in [0, 0.1) is 5.92 Å². The standard InChI is InChI=1S/C16H27N3OS/c1-11(2)8-17-9-14-15(12-4-5-12)18-16(21-14)19-7-6-13(10-19)20-3/h11-13,17H,4-10H2,1-3H3. The highest BCUT2D eigenvalue weighted by molar-refractivity contribution is 7.15. The van der Waals surface area contributed by atoms with Crippen LogP contribution in [0.15, 0.2) is 0 Å². The van der Waals surface area contributed by atoms with Gasteiger partial charge in [0.1, 0.15) is 0 Å². The van der Waals surface area contributed by atoms with Crippen LogP contribution in [0.3, 0.4) is 0 Å². The molecular weight excluding hydrogens is 282 g/mol. The highest BCUT2D eigenvalue weighted by atomic mass is 32.1. The van der Waals surface area contributed by atoms with Crippen LogP contribution in [0.1, 0.15) is 49.6 Å². The first-order chi connectivity index (χ1) is 10.2. The molecule has 1 aliphatic heterocycles. The van der Waals surface area contributed by atoms with Crippen LogP contribution in [-0.2, 0) is 11.3 Å². The summed E-state index contributed by atoms with van der Waals surface area (Å²) >= 11 is 1.89. The molecule has 118 valence electrons. The summed E-state index contributed by atoms with van der Waals surface area (Å²) in [6.45, 7) is 8.63. The summed E-state index contributed by atoms with van der Waals surface area (Å²) in [5.74, 6) is 1.43. The summed E-state index contributed by atoms with van der Waals surface area (Å²) in [5, 5.41) is 4.78. The van der Waals surface area contributed by atoms with Crippen LogP contribution < -0.4 is 10.2 Å². The Kier molecular flexibility index (Phi) is 4.82. The van der Waals surface area contributed by atoms with Gasteiger partial charge in [-0.25, -0.2) is 4.98 Å². The molecule has 1 aromatic rings. The number of hydrogen-bond acceptors (Lipinski definition) is 5. The molecule has 2 heterocycles. The first kappa shape index (κ1) is 15.3. The van der Waals surface area contributed by atoms with Gasteiger partial charge in [-0.1, -0.05) is 13.8 Å². The third kappa shape index (κ3) is 3.76. The third-order valence-electron chi connectivity index (χ3n) is 4.27. The van der Waals surface area contributed by atoms with Crippen molar-refractivity contribution in [2.45, 2.75) is 51.7 Å². The molecule has 0 amide bonds. The van der Waals surface area contributed by atoms with Crippen LogP contribution in [0.25, 0.3) is 0 Å². The van der Waals surface area contributed by atoms with E-state index in [-0.39, 0.29) is 0 Å². The normalized spacial score (nSPS) is 22.5. The van der Waals surface area contributed by atoms with Gasteiger partial charge in [-0.05, 0) is 31.7 Å². The van der Waals surface area contributed by atoms with E-state index in [2.05, 4.69) is 24.1 Å². The van der Waals surface area contributed by atoms with Crippen molar-refractivity contribution < 1.29 is 4.74 Å². The minimum atomic E-state index is 0.376. The molecule has 3 rings (SSSR count). The number of nitrogens with one attached hydrogen (secondary N) is 1. The van der Waals surface area contributed by atoms with E-state index in [0.717, 1.165) is 38.5 Å². The van der Waals surface area contributed by atoms with Crippen LogP contribution in [0.5, 0.6) is 0 Å². The molecule has 5 heteroatoms. The van der Waals surface area contributed by atoms with Crippen molar-refractivity contribution in [3.05, 3.63) is 10.6 Å². The maximum Gasteiger partial charge on any atom is 0.185 e. The van der Waals surface area contributed by atoms with Crippen LogP contribution in [0.2, 0.25) is 0 Å². The minimum Gasteiger partial charge on any atom is -0.380 e. The monoisotopic (exact) mass is 309 g/mol. The number of nitrogens with zero attached hydrogens (tertiary/aromatic N) is 2. The second kappa shape index (κ2) is 6.63. The summed E-state index contributed by atoms with van der Waals surface area (Å²) < 4.78 is 5.47. The predicted octanol–water partition coefficient (Wildman–Crippen LogP) is 2.99. The number of thiazole rings is 1. The summed E-state index contributed by atoms with van der Waals surface area (Å²) in [7, 11) is 1.81. The van der Waals surface area contributed by atoms with E-state index >= 15 is 0 Å². The molecule has 0 radical (unpaired) electrons. The van der Waals surface area contributed by atoms with E-state index < -0.39 is 0 Å². The van der Waals surface area contributed by atoms with E-state index in [4.69, 9.17) is 9.72 Å². The molecule has 1 N–H and O–H groups in total. The van der Waals surface area contributed by atoms with Gasteiger partial charge in [-0.15, -0.1) is 11.3 Å². The molecule has 0 bridgehead atoms. The Bertz CT molecular complexity index is 470. The molecule has 1 aromatic heterocycles. The maximum atomic E-state index is 5.47. The molecule has 0 spiro atoms.